The maximum atomic E-state index is 9.26. The SMILES string of the molecule is CO[C@@H]1O[C@H](CO)[C@@H](O)C[C@@H]1O. The highest BCUT2D eigenvalue weighted by atomic mass is 16.7. The number of ether oxygens (including phenoxy) is 2. The van der Waals surface area contributed by atoms with Crippen LogP contribution in [0.1, 0.15) is 6.42 Å². The Labute approximate surface area is 70.5 Å². The van der Waals surface area contributed by atoms with E-state index in [0.29, 0.717) is 0 Å². The molecule has 5 heteroatoms. The van der Waals surface area contributed by atoms with Gasteiger partial charge in [-0.15, -0.1) is 0 Å². The summed E-state index contributed by atoms with van der Waals surface area (Å²) in [6.07, 6.45) is -2.88. The number of hydrogen-bond donors (Lipinski definition) is 3. The molecule has 3 N–H and O–H groups in total. The van der Waals surface area contributed by atoms with Gasteiger partial charge in [-0.2, -0.15) is 0 Å². The third-order valence-corrected chi connectivity index (χ3v) is 1.95. The summed E-state index contributed by atoms with van der Waals surface area (Å²) in [5.74, 6) is 0. The summed E-state index contributed by atoms with van der Waals surface area (Å²) in [6, 6.07) is 0. The van der Waals surface area contributed by atoms with Gasteiger partial charge >= 0.3 is 0 Å². The van der Waals surface area contributed by atoms with Crippen LogP contribution in [0.25, 0.3) is 0 Å². The smallest absolute Gasteiger partial charge is 0.183 e. The molecule has 1 aliphatic rings. The standard InChI is InChI=1S/C7H14O5/c1-11-7-5(10)2-4(9)6(3-8)12-7/h4-10H,2-3H2,1H3/t4-,5-,6+,7+/m0/s1. The van der Waals surface area contributed by atoms with E-state index in [1.54, 1.807) is 0 Å². The van der Waals surface area contributed by atoms with Crippen LogP contribution in [0.4, 0.5) is 0 Å². The van der Waals surface area contributed by atoms with E-state index >= 15 is 0 Å². The van der Waals surface area contributed by atoms with Crippen molar-refractivity contribution < 1.29 is 24.8 Å². The monoisotopic (exact) mass is 178 g/mol. The van der Waals surface area contributed by atoms with E-state index in [0.717, 1.165) is 0 Å². The predicted octanol–water partition coefficient (Wildman–Crippen LogP) is -1.54. The van der Waals surface area contributed by atoms with Crippen molar-refractivity contribution in [1.29, 1.82) is 0 Å². The Balaban J connectivity index is 2.50. The van der Waals surface area contributed by atoms with Crippen LogP contribution in [0.15, 0.2) is 0 Å². The van der Waals surface area contributed by atoms with E-state index in [1.165, 1.54) is 7.11 Å². The molecule has 1 saturated heterocycles. The van der Waals surface area contributed by atoms with E-state index in [4.69, 9.17) is 14.6 Å². The van der Waals surface area contributed by atoms with Crippen molar-refractivity contribution in [3.8, 4) is 0 Å². The lowest BCUT2D eigenvalue weighted by atomic mass is 10.0. The molecule has 12 heavy (non-hydrogen) atoms. The van der Waals surface area contributed by atoms with E-state index < -0.39 is 24.6 Å². The van der Waals surface area contributed by atoms with Crippen LogP contribution >= 0.6 is 0 Å². The minimum atomic E-state index is -0.826. The number of rotatable bonds is 2. The molecule has 0 aromatic rings. The molecule has 0 bridgehead atoms. The second-order valence-electron chi connectivity index (χ2n) is 2.83. The molecule has 0 aromatic carbocycles. The molecule has 4 atom stereocenters. The average molecular weight is 178 g/mol. The first-order valence-corrected chi connectivity index (χ1v) is 3.84. The van der Waals surface area contributed by atoms with Crippen molar-refractivity contribution in [1.82, 2.24) is 0 Å². The lowest BCUT2D eigenvalue weighted by Gasteiger charge is -2.35. The molecule has 0 spiro atoms. The van der Waals surface area contributed by atoms with Crippen LogP contribution in [-0.4, -0.2) is 53.6 Å². The maximum Gasteiger partial charge on any atom is 0.183 e. The first-order valence-electron chi connectivity index (χ1n) is 3.84. The van der Waals surface area contributed by atoms with Crippen LogP contribution in [-0.2, 0) is 9.47 Å². The van der Waals surface area contributed by atoms with Gasteiger partial charge in [-0.1, -0.05) is 0 Å². The van der Waals surface area contributed by atoms with Crippen molar-refractivity contribution in [3.05, 3.63) is 0 Å². The summed E-state index contributed by atoms with van der Waals surface area (Å²) in [7, 11) is 1.40. The highest BCUT2D eigenvalue weighted by molar-refractivity contribution is 4.80. The maximum absolute atomic E-state index is 9.26. The quantitative estimate of drug-likeness (QED) is 0.477. The zero-order valence-electron chi connectivity index (χ0n) is 6.88. The van der Waals surface area contributed by atoms with Gasteiger partial charge in [0.05, 0.1) is 12.7 Å². The molecule has 1 aliphatic heterocycles. The van der Waals surface area contributed by atoms with Gasteiger partial charge in [0.15, 0.2) is 6.29 Å². The van der Waals surface area contributed by atoms with Crippen LogP contribution in [0, 0.1) is 0 Å². The molecule has 1 rings (SSSR count). The summed E-state index contributed by atoms with van der Waals surface area (Å²) in [5.41, 5.74) is 0. The third-order valence-electron chi connectivity index (χ3n) is 1.95. The van der Waals surface area contributed by atoms with Gasteiger partial charge in [-0.05, 0) is 0 Å². The lowest BCUT2D eigenvalue weighted by Crippen LogP contribution is -2.49. The molecule has 1 heterocycles. The summed E-state index contributed by atoms with van der Waals surface area (Å²) in [4.78, 5) is 0. The second-order valence-corrected chi connectivity index (χ2v) is 2.83. The van der Waals surface area contributed by atoms with Crippen LogP contribution < -0.4 is 0 Å². The Morgan fingerprint density at radius 2 is 2.08 bits per heavy atom. The Morgan fingerprint density at radius 3 is 2.58 bits per heavy atom. The van der Waals surface area contributed by atoms with Crippen LogP contribution in [0.5, 0.6) is 0 Å². The summed E-state index contributed by atoms with van der Waals surface area (Å²) in [6.45, 7) is -0.270. The van der Waals surface area contributed by atoms with Crippen molar-refractivity contribution in [2.24, 2.45) is 0 Å². The van der Waals surface area contributed by atoms with Gasteiger partial charge in [0, 0.05) is 13.5 Å². The highest BCUT2D eigenvalue weighted by Gasteiger charge is 2.35. The Hall–Kier alpha value is -0.200. The van der Waals surface area contributed by atoms with E-state index in [2.05, 4.69) is 0 Å². The molecule has 72 valence electrons. The molecule has 1 fully saturated rings. The van der Waals surface area contributed by atoms with E-state index in [1.807, 2.05) is 0 Å². The topological polar surface area (TPSA) is 79.2 Å². The fourth-order valence-electron chi connectivity index (χ4n) is 1.24. The first kappa shape index (κ1) is 9.88. The molecule has 0 saturated carbocycles. The number of aliphatic hydroxyl groups excluding tert-OH is 3. The van der Waals surface area contributed by atoms with Gasteiger partial charge in [0.1, 0.15) is 12.2 Å². The minimum Gasteiger partial charge on any atom is -0.394 e. The summed E-state index contributed by atoms with van der Waals surface area (Å²) in [5, 5.41) is 27.3. The molecule has 0 aromatic heterocycles. The Kier molecular flexibility index (Phi) is 3.42. The fourth-order valence-corrected chi connectivity index (χ4v) is 1.24. The Bertz CT molecular complexity index is 126. The van der Waals surface area contributed by atoms with Crippen molar-refractivity contribution in [2.45, 2.75) is 31.0 Å². The van der Waals surface area contributed by atoms with E-state index in [-0.39, 0.29) is 13.0 Å². The number of methoxy groups -OCH3 is 1. The molecular weight excluding hydrogens is 164 g/mol. The number of hydrogen-bond acceptors (Lipinski definition) is 5. The van der Waals surface area contributed by atoms with E-state index in [9.17, 15) is 10.2 Å². The number of aliphatic hydroxyl groups is 3. The highest BCUT2D eigenvalue weighted by Crippen LogP contribution is 2.20. The second kappa shape index (κ2) is 4.15. The first-order chi connectivity index (χ1) is 5.69. The molecular formula is C7H14O5. The van der Waals surface area contributed by atoms with Gasteiger partial charge in [0.25, 0.3) is 0 Å². The minimum absolute atomic E-state index is 0.170. The van der Waals surface area contributed by atoms with Crippen molar-refractivity contribution >= 4 is 0 Å². The van der Waals surface area contributed by atoms with Gasteiger partial charge in [-0.3, -0.25) is 0 Å². The van der Waals surface area contributed by atoms with Crippen LogP contribution in [0.2, 0.25) is 0 Å². The normalized spacial score (nSPS) is 43.0. The molecule has 0 amide bonds. The Morgan fingerprint density at radius 1 is 1.42 bits per heavy atom. The summed E-state index contributed by atoms with van der Waals surface area (Å²) >= 11 is 0. The molecule has 0 radical (unpaired) electrons. The van der Waals surface area contributed by atoms with Gasteiger partial charge in [0.2, 0.25) is 0 Å². The zero-order chi connectivity index (χ0) is 9.14. The largest absolute Gasteiger partial charge is 0.394 e. The molecule has 0 aliphatic carbocycles. The van der Waals surface area contributed by atoms with Crippen molar-refractivity contribution in [2.75, 3.05) is 13.7 Å². The molecule has 5 nitrogen and oxygen atoms in total. The molecule has 0 unspecified atom stereocenters. The van der Waals surface area contributed by atoms with Crippen LogP contribution in [0.3, 0.4) is 0 Å². The fraction of sp³-hybridized carbons (Fsp3) is 1.00. The third kappa shape index (κ3) is 1.94. The summed E-state index contributed by atoms with van der Waals surface area (Å²) < 4.78 is 9.83. The predicted molar refractivity (Wildman–Crippen MR) is 39.4 cm³/mol. The average Bonchev–Trinajstić information content (AvgIpc) is 2.05. The van der Waals surface area contributed by atoms with Gasteiger partial charge < -0.3 is 24.8 Å². The zero-order valence-corrected chi connectivity index (χ0v) is 6.88. The van der Waals surface area contributed by atoms with Gasteiger partial charge in [-0.25, -0.2) is 0 Å². The lowest BCUT2D eigenvalue weighted by molar-refractivity contribution is -0.261. The van der Waals surface area contributed by atoms with Crippen molar-refractivity contribution in [3.63, 3.8) is 0 Å².